The van der Waals surface area contributed by atoms with Crippen LogP contribution in [0.3, 0.4) is 0 Å². The van der Waals surface area contributed by atoms with Crippen LogP contribution in [0.1, 0.15) is 6.92 Å². The molecule has 1 atom stereocenters. The number of allylic oxidation sites excluding steroid dienone is 4. The van der Waals surface area contributed by atoms with Gasteiger partial charge in [0.25, 0.3) is 0 Å². The lowest BCUT2D eigenvalue weighted by molar-refractivity contribution is 1.33. The maximum Gasteiger partial charge on any atom is 0.0757 e. The van der Waals surface area contributed by atoms with E-state index in [2.05, 4.69) is 31.9 Å². The molecule has 0 saturated heterocycles. The summed E-state index contributed by atoms with van der Waals surface area (Å²) in [4.78, 5) is 0.0758. The van der Waals surface area contributed by atoms with E-state index in [9.17, 15) is 0 Å². The topological polar surface area (TPSA) is 23.9 Å². The summed E-state index contributed by atoms with van der Waals surface area (Å²) in [5.41, 5.74) is 1.77. The standard InChI is InChI=1S/C7H7Br2N/c1-4-2-5(8)7(10)6(9)3-4/h2-3,5,10H,1H3. The largest absolute Gasteiger partial charge is 0.303 e. The lowest BCUT2D eigenvalue weighted by Crippen LogP contribution is -2.13. The van der Waals surface area contributed by atoms with Gasteiger partial charge in [0.1, 0.15) is 0 Å². The molecule has 0 saturated carbocycles. The third-order valence-electron chi connectivity index (χ3n) is 1.30. The van der Waals surface area contributed by atoms with Crippen molar-refractivity contribution in [2.75, 3.05) is 0 Å². The molecule has 0 heterocycles. The van der Waals surface area contributed by atoms with E-state index in [1.165, 1.54) is 5.57 Å². The molecule has 1 unspecified atom stereocenters. The van der Waals surface area contributed by atoms with E-state index in [-0.39, 0.29) is 4.83 Å². The second-order valence-corrected chi connectivity index (χ2v) is 4.06. The van der Waals surface area contributed by atoms with E-state index < -0.39 is 0 Å². The average Bonchev–Trinajstić information content (AvgIpc) is 1.82. The van der Waals surface area contributed by atoms with Crippen LogP contribution in [-0.2, 0) is 0 Å². The molecule has 3 heteroatoms. The highest BCUT2D eigenvalue weighted by Crippen LogP contribution is 2.23. The first-order chi connectivity index (χ1) is 4.61. The van der Waals surface area contributed by atoms with Crippen LogP contribution in [-0.4, -0.2) is 10.5 Å². The van der Waals surface area contributed by atoms with E-state index in [0.29, 0.717) is 5.71 Å². The van der Waals surface area contributed by atoms with Gasteiger partial charge in [-0.1, -0.05) is 27.6 Å². The van der Waals surface area contributed by atoms with Crippen molar-refractivity contribution in [3.63, 3.8) is 0 Å². The SMILES string of the molecule is CC1=CC(Br)C(=N)C(Br)=C1. The smallest absolute Gasteiger partial charge is 0.0757 e. The van der Waals surface area contributed by atoms with Crippen LogP contribution in [0.5, 0.6) is 0 Å². The number of rotatable bonds is 0. The summed E-state index contributed by atoms with van der Waals surface area (Å²) in [5.74, 6) is 0. The van der Waals surface area contributed by atoms with Crippen molar-refractivity contribution >= 4 is 37.6 Å². The summed E-state index contributed by atoms with van der Waals surface area (Å²) in [6.45, 7) is 2.02. The van der Waals surface area contributed by atoms with Crippen molar-refractivity contribution in [2.24, 2.45) is 0 Å². The van der Waals surface area contributed by atoms with Crippen molar-refractivity contribution in [3.8, 4) is 0 Å². The lowest BCUT2D eigenvalue weighted by Gasteiger charge is -2.12. The van der Waals surface area contributed by atoms with Gasteiger partial charge >= 0.3 is 0 Å². The Morgan fingerprint density at radius 1 is 1.60 bits per heavy atom. The molecule has 0 aromatic rings. The van der Waals surface area contributed by atoms with Gasteiger partial charge in [-0.05, 0) is 28.9 Å². The molecule has 1 aliphatic rings. The summed E-state index contributed by atoms with van der Waals surface area (Å²) < 4.78 is 0.870. The fourth-order valence-electron chi connectivity index (χ4n) is 0.772. The first-order valence-electron chi connectivity index (χ1n) is 2.90. The maximum absolute atomic E-state index is 7.48. The zero-order chi connectivity index (χ0) is 7.72. The van der Waals surface area contributed by atoms with Crippen molar-refractivity contribution in [1.29, 1.82) is 5.41 Å². The number of halogens is 2. The highest BCUT2D eigenvalue weighted by Gasteiger charge is 2.14. The highest BCUT2D eigenvalue weighted by atomic mass is 79.9. The lowest BCUT2D eigenvalue weighted by atomic mass is 10.1. The fourth-order valence-corrected chi connectivity index (χ4v) is 2.35. The van der Waals surface area contributed by atoms with Gasteiger partial charge < -0.3 is 5.41 Å². The minimum absolute atomic E-state index is 0.0758. The molecule has 0 spiro atoms. The van der Waals surface area contributed by atoms with Gasteiger partial charge in [0.05, 0.1) is 10.5 Å². The Kier molecular flexibility index (Phi) is 2.47. The van der Waals surface area contributed by atoms with E-state index in [0.717, 1.165) is 4.48 Å². The molecule has 54 valence electrons. The zero-order valence-corrected chi connectivity index (χ0v) is 8.66. The van der Waals surface area contributed by atoms with Crippen molar-refractivity contribution in [1.82, 2.24) is 0 Å². The van der Waals surface area contributed by atoms with Crippen LogP contribution in [0.4, 0.5) is 0 Å². The number of hydrogen-bond donors (Lipinski definition) is 1. The van der Waals surface area contributed by atoms with Gasteiger partial charge in [-0.25, -0.2) is 0 Å². The molecule has 1 rings (SSSR count). The second-order valence-electron chi connectivity index (χ2n) is 2.22. The monoisotopic (exact) mass is 263 g/mol. The fraction of sp³-hybridized carbons (Fsp3) is 0.286. The molecular formula is C7H7Br2N. The molecule has 1 N–H and O–H groups in total. The van der Waals surface area contributed by atoms with Crippen LogP contribution < -0.4 is 0 Å². The van der Waals surface area contributed by atoms with Crippen molar-refractivity contribution < 1.29 is 0 Å². The number of alkyl halides is 1. The molecular weight excluding hydrogens is 258 g/mol. The third-order valence-corrected chi connectivity index (χ3v) is 2.67. The van der Waals surface area contributed by atoms with Crippen LogP contribution >= 0.6 is 31.9 Å². The molecule has 0 radical (unpaired) electrons. The Balaban J connectivity index is 2.95. The molecule has 0 aromatic heterocycles. The Bertz CT molecular complexity index is 228. The normalized spacial score (nSPS) is 25.9. The molecule has 10 heavy (non-hydrogen) atoms. The average molecular weight is 265 g/mol. The predicted octanol–water partition coefficient (Wildman–Crippen LogP) is 3.01. The van der Waals surface area contributed by atoms with Gasteiger partial charge in [-0.2, -0.15) is 0 Å². The van der Waals surface area contributed by atoms with Gasteiger partial charge in [0, 0.05) is 4.48 Å². The van der Waals surface area contributed by atoms with Gasteiger partial charge in [-0.3, -0.25) is 0 Å². The minimum Gasteiger partial charge on any atom is -0.303 e. The van der Waals surface area contributed by atoms with Crippen LogP contribution in [0.2, 0.25) is 0 Å². The zero-order valence-electron chi connectivity index (χ0n) is 5.49. The van der Waals surface area contributed by atoms with Gasteiger partial charge in [0.15, 0.2) is 0 Å². The summed E-state index contributed by atoms with van der Waals surface area (Å²) in [6.07, 6.45) is 3.95. The summed E-state index contributed by atoms with van der Waals surface area (Å²) in [6, 6.07) is 0. The van der Waals surface area contributed by atoms with Crippen molar-refractivity contribution in [3.05, 3.63) is 22.2 Å². The van der Waals surface area contributed by atoms with Crippen LogP contribution in [0.15, 0.2) is 22.2 Å². The van der Waals surface area contributed by atoms with E-state index >= 15 is 0 Å². The van der Waals surface area contributed by atoms with E-state index in [1.807, 2.05) is 19.1 Å². The summed E-state index contributed by atoms with van der Waals surface area (Å²) in [7, 11) is 0. The van der Waals surface area contributed by atoms with Crippen LogP contribution in [0.25, 0.3) is 0 Å². The Labute approximate surface area is 77.0 Å². The quantitative estimate of drug-likeness (QED) is 0.651. The Morgan fingerprint density at radius 2 is 2.20 bits per heavy atom. The van der Waals surface area contributed by atoms with Crippen LogP contribution in [0, 0.1) is 5.41 Å². The van der Waals surface area contributed by atoms with Crippen molar-refractivity contribution in [2.45, 2.75) is 11.8 Å². The molecule has 0 fully saturated rings. The molecule has 0 bridgehead atoms. The Hall–Kier alpha value is 0.110. The number of hydrogen-bond acceptors (Lipinski definition) is 1. The minimum atomic E-state index is 0.0758. The van der Waals surface area contributed by atoms with Gasteiger partial charge in [-0.15, -0.1) is 0 Å². The molecule has 1 aliphatic carbocycles. The second kappa shape index (κ2) is 3.01. The molecule has 0 aliphatic heterocycles. The molecule has 1 nitrogen and oxygen atoms in total. The van der Waals surface area contributed by atoms with Gasteiger partial charge in [0.2, 0.25) is 0 Å². The first-order valence-corrected chi connectivity index (χ1v) is 4.60. The predicted molar refractivity (Wildman–Crippen MR) is 51.2 cm³/mol. The van der Waals surface area contributed by atoms with E-state index in [1.54, 1.807) is 0 Å². The molecule has 0 amide bonds. The third kappa shape index (κ3) is 1.58. The number of nitrogens with one attached hydrogen (secondary N) is 1. The Morgan fingerprint density at radius 3 is 2.70 bits per heavy atom. The van der Waals surface area contributed by atoms with E-state index in [4.69, 9.17) is 5.41 Å². The molecule has 0 aromatic carbocycles. The highest BCUT2D eigenvalue weighted by molar-refractivity contribution is 9.12. The summed E-state index contributed by atoms with van der Waals surface area (Å²) >= 11 is 6.66. The maximum atomic E-state index is 7.48. The summed E-state index contributed by atoms with van der Waals surface area (Å²) in [5, 5.41) is 7.48. The first kappa shape index (κ1) is 8.21.